The lowest BCUT2D eigenvalue weighted by Crippen LogP contribution is -2.66. The molecule has 35 heavy (non-hydrogen) atoms. The number of hydrogen-bond acceptors (Lipinski definition) is 6. The maximum Gasteiger partial charge on any atom is 0.282 e. The number of aromatic nitrogens is 1. The van der Waals surface area contributed by atoms with Gasteiger partial charge in [0.1, 0.15) is 18.4 Å². The fourth-order valence-electron chi connectivity index (χ4n) is 5.48. The molecule has 0 unspecified atom stereocenters. The third-order valence-corrected chi connectivity index (χ3v) is 9.80. The largest absolute Gasteiger partial charge is 0.369 e. The van der Waals surface area contributed by atoms with E-state index in [2.05, 4.69) is 9.88 Å². The van der Waals surface area contributed by atoms with Gasteiger partial charge >= 0.3 is 0 Å². The zero-order valence-electron chi connectivity index (χ0n) is 19.6. The number of morpholine rings is 1. The fourth-order valence-corrected chi connectivity index (χ4v) is 7.07. The first-order chi connectivity index (χ1) is 16.9. The van der Waals surface area contributed by atoms with Crippen LogP contribution in [0.2, 0.25) is 0 Å². The second kappa shape index (κ2) is 8.65. The summed E-state index contributed by atoms with van der Waals surface area (Å²) in [6, 6.07) is 10.2. The summed E-state index contributed by atoms with van der Waals surface area (Å²) in [6.45, 7) is 1.80. The zero-order chi connectivity index (χ0) is 24.2. The molecule has 4 heterocycles. The number of anilines is 1. The van der Waals surface area contributed by atoms with Gasteiger partial charge in [-0.3, -0.25) is 9.78 Å². The van der Waals surface area contributed by atoms with Crippen LogP contribution in [0.3, 0.4) is 0 Å². The summed E-state index contributed by atoms with van der Waals surface area (Å²) in [5, 5.41) is 1.06. The van der Waals surface area contributed by atoms with Crippen molar-refractivity contribution < 1.29 is 22.3 Å². The van der Waals surface area contributed by atoms with Gasteiger partial charge in [-0.2, -0.15) is 17.0 Å². The van der Waals surface area contributed by atoms with Gasteiger partial charge in [0, 0.05) is 62.6 Å². The van der Waals surface area contributed by atoms with Crippen LogP contribution in [0.5, 0.6) is 0 Å². The van der Waals surface area contributed by atoms with Crippen LogP contribution in [0.15, 0.2) is 36.5 Å². The molecule has 1 aromatic carbocycles. The van der Waals surface area contributed by atoms with Crippen LogP contribution in [0.4, 0.5) is 10.1 Å². The maximum absolute atomic E-state index is 15.5. The van der Waals surface area contributed by atoms with Crippen LogP contribution in [-0.4, -0.2) is 103 Å². The Kier molecular flexibility index (Phi) is 5.70. The maximum atomic E-state index is 15.5. The average Bonchev–Trinajstić information content (AvgIpc) is 3.72. The number of piperidine rings is 1. The van der Waals surface area contributed by atoms with E-state index < -0.39 is 22.0 Å². The smallest absolute Gasteiger partial charge is 0.282 e. The monoisotopic (exact) mass is 503 g/mol. The lowest BCUT2D eigenvalue weighted by atomic mass is 9.88. The highest BCUT2D eigenvalue weighted by atomic mass is 32.2. The summed E-state index contributed by atoms with van der Waals surface area (Å²) in [5.74, 6) is -0.0968. The minimum Gasteiger partial charge on any atom is -0.369 e. The van der Waals surface area contributed by atoms with E-state index in [1.165, 1.54) is 8.61 Å². The number of hydrogen-bond donors (Lipinski definition) is 0. The molecule has 2 atom stereocenters. The summed E-state index contributed by atoms with van der Waals surface area (Å²) in [7, 11) is -3.79. The number of carbonyl (C=O) groups excluding carboxylic acids is 1. The quantitative estimate of drug-likeness (QED) is 0.627. The molecular weight excluding hydrogens is 473 g/mol. The van der Waals surface area contributed by atoms with E-state index in [-0.39, 0.29) is 44.6 Å². The molecule has 1 spiro atoms. The topological polar surface area (TPSA) is 86.3 Å². The second-order valence-corrected chi connectivity index (χ2v) is 11.9. The summed E-state index contributed by atoms with van der Waals surface area (Å²) >= 11 is 0. The van der Waals surface area contributed by atoms with Crippen molar-refractivity contribution in [3.8, 4) is 0 Å². The number of benzene rings is 1. The van der Waals surface area contributed by atoms with Crippen molar-refractivity contribution >= 4 is 32.7 Å². The van der Waals surface area contributed by atoms with Crippen molar-refractivity contribution in [3.05, 3.63) is 36.5 Å². The van der Waals surface area contributed by atoms with Crippen molar-refractivity contribution in [1.29, 1.82) is 0 Å². The van der Waals surface area contributed by atoms with E-state index in [4.69, 9.17) is 4.74 Å². The SMILES string of the molecule is O=C1CO[C@]2(CCN(S(=O)(=O)N3CCN(c4ccc5cccnc5c4)CC3)C[C@H]2F)CN1C1CC1. The molecule has 6 rings (SSSR count). The Morgan fingerprint density at radius 1 is 1.06 bits per heavy atom. The molecule has 11 heteroatoms. The van der Waals surface area contributed by atoms with Crippen LogP contribution in [0.1, 0.15) is 19.3 Å². The standard InChI is InChI=1S/C24H30FN5O4S/c25-22-15-29(9-7-24(22)17-30(19-5-6-19)23(31)16-34-24)35(32,33)28-12-10-27(11-13-28)20-4-3-18-2-1-8-26-21(18)14-20/h1-4,8,14,19,22H,5-7,9-13,15-17H2/t22-,24-/m1/s1. The summed E-state index contributed by atoms with van der Waals surface area (Å²) in [6.07, 6.45) is 2.42. The van der Waals surface area contributed by atoms with Crippen molar-refractivity contribution in [2.75, 3.05) is 57.3 Å². The van der Waals surface area contributed by atoms with Gasteiger partial charge in [0.25, 0.3) is 10.2 Å². The van der Waals surface area contributed by atoms with Gasteiger partial charge in [0.15, 0.2) is 0 Å². The average molecular weight is 504 g/mol. The van der Waals surface area contributed by atoms with Crippen LogP contribution < -0.4 is 4.90 Å². The first-order valence-electron chi connectivity index (χ1n) is 12.3. The van der Waals surface area contributed by atoms with E-state index in [0.29, 0.717) is 26.2 Å². The third kappa shape index (κ3) is 4.18. The van der Waals surface area contributed by atoms with Crippen LogP contribution >= 0.6 is 0 Å². The first-order valence-corrected chi connectivity index (χ1v) is 13.7. The normalized spacial score (nSPS) is 29.3. The van der Waals surface area contributed by atoms with Gasteiger partial charge in [0.2, 0.25) is 5.91 Å². The molecule has 2 aromatic rings. The Morgan fingerprint density at radius 2 is 1.86 bits per heavy atom. The molecule has 1 aliphatic carbocycles. The van der Waals surface area contributed by atoms with Crippen LogP contribution in [0.25, 0.3) is 10.9 Å². The van der Waals surface area contributed by atoms with Crippen molar-refractivity contribution in [2.24, 2.45) is 0 Å². The van der Waals surface area contributed by atoms with Gasteiger partial charge in [-0.1, -0.05) is 12.1 Å². The van der Waals surface area contributed by atoms with Crippen LogP contribution in [-0.2, 0) is 19.7 Å². The van der Waals surface area contributed by atoms with Gasteiger partial charge in [-0.15, -0.1) is 0 Å². The fraction of sp³-hybridized carbons (Fsp3) is 0.583. The first kappa shape index (κ1) is 23.1. The van der Waals surface area contributed by atoms with E-state index in [1.54, 1.807) is 11.1 Å². The molecule has 4 aliphatic rings. The Morgan fingerprint density at radius 3 is 2.60 bits per heavy atom. The molecule has 3 saturated heterocycles. The number of rotatable bonds is 4. The molecule has 1 amide bonds. The number of carbonyl (C=O) groups is 1. The Hall–Kier alpha value is -2.34. The molecule has 0 N–H and O–H groups in total. The number of halogens is 1. The Labute approximate surface area is 204 Å². The van der Waals surface area contributed by atoms with E-state index >= 15 is 4.39 Å². The number of pyridine rings is 1. The third-order valence-electron chi connectivity index (χ3n) is 7.79. The van der Waals surface area contributed by atoms with E-state index in [0.717, 1.165) is 29.4 Å². The van der Waals surface area contributed by atoms with Crippen molar-refractivity contribution in [1.82, 2.24) is 18.5 Å². The molecule has 188 valence electrons. The molecule has 0 bridgehead atoms. The minimum absolute atomic E-state index is 0.0968. The Bertz CT molecular complexity index is 1230. The summed E-state index contributed by atoms with van der Waals surface area (Å²) < 4.78 is 50.6. The second-order valence-electron chi connectivity index (χ2n) is 9.96. The predicted octanol–water partition coefficient (Wildman–Crippen LogP) is 1.41. The highest BCUT2D eigenvalue weighted by Gasteiger charge is 2.53. The molecule has 1 aromatic heterocycles. The molecule has 1 saturated carbocycles. The van der Waals surface area contributed by atoms with Crippen molar-refractivity contribution in [2.45, 2.75) is 37.1 Å². The summed E-state index contributed by atoms with van der Waals surface area (Å²) in [5.41, 5.74) is 0.815. The number of fused-ring (bicyclic) bond motifs is 1. The molecule has 9 nitrogen and oxygen atoms in total. The number of nitrogens with zero attached hydrogens (tertiary/aromatic N) is 5. The molecule has 0 radical (unpaired) electrons. The number of piperazine rings is 1. The highest BCUT2D eigenvalue weighted by molar-refractivity contribution is 7.86. The predicted molar refractivity (Wildman–Crippen MR) is 129 cm³/mol. The van der Waals surface area contributed by atoms with Gasteiger partial charge in [0.05, 0.1) is 12.1 Å². The van der Waals surface area contributed by atoms with Gasteiger partial charge in [-0.25, -0.2) is 4.39 Å². The van der Waals surface area contributed by atoms with Gasteiger partial charge < -0.3 is 14.5 Å². The van der Waals surface area contributed by atoms with E-state index in [1.807, 2.05) is 30.3 Å². The Balaban J connectivity index is 1.10. The molecule has 3 aliphatic heterocycles. The molecular formula is C24H30FN5O4S. The lowest BCUT2D eigenvalue weighted by molar-refractivity contribution is -0.185. The minimum atomic E-state index is -3.79. The number of ether oxygens (including phenoxy) is 1. The highest BCUT2D eigenvalue weighted by Crippen LogP contribution is 2.38. The summed E-state index contributed by atoms with van der Waals surface area (Å²) in [4.78, 5) is 20.5. The molecule has 4 fully saturated rings. The van der Waals surface area contributed by atoms with E-state index in [9.17, 15) is 13.2 Å². The number of alkyl halides is 1. The number of amides is 1. The van der Waals surface area contributed by atoms with Gasteiger partial charge in [-0.05, 0) is 37.5 Å². The zero-order valence-corrected chi connectivity index (χ0v) is 20.4. The van der Waals surface area contributed by atoms with Crippen LogP contribution in [0, 0.1) is 0 Å². The lowest BCUT2D eigenvalue weighted by Gasteiger charge is -2.49. The van der Waals surface area contributed by atoms with Crippen molar-refractivity contribution in [3.63, 3.8) is 0 Å².